The summed E-state index contributed by atoms with van der Waals surface area (Å²) in [6, 6.07) is 0. The first kappa shape index (κ1) is 24.6. The van der Waals surface area contributed by atoms with Crippen LogP contribution in [0.2, 0.25) is 0 Å². The summed E-state index contributed by atoms with van der Waals surface area (Å²) < 4.78 is 20.8. The average molecular weight is 460 g/mol. The van der Waals surface area contributed by atoms with Crippen LogP contribution in [0.15, 0.2) is 17.5 Å². The van der Waals surface area contributed by atoms with E-state index in [9.17, 15) is 5.11 Å². The molecule has 13 heteroatoms. The molecular weight excluding hydrogens is 430 g/mol. The molecule has 0 aliphatic carbocycles. The fraction of sp³-hybridized carbons (Fsp3) is 0.700. The van der Waals surface area contributed by atoms with E-state index in [0.717, 1.165) is 19.3 Å². The molecule has 0 aromatic carbocycles. The van der Waals surface area contributed by atoms with Crippen molar-refractivity contribution in [3.63, 3.8) is 0 Å². The van der Waals surface area contributed by atoms with E-state index in [0.29, 0.717) is 36.9 Å². The number of aliphatic hydroxyl groups excluding tert-OH is 1. The summed E-state index contributed by atoms with van der Waals surface area (Å²) in [5.74, 6) is 2.73. The predicted octanol–water partition coefficient (Wildman–Crippen LogP) is 1.09. The Hall–Kier alpha value is -3.01. The number of azide groups is 1. The van der Waals surface area contributed by atoms with Gasteiger partial charge in [0, 0.05) is 24.5 Å². The van der Waals surface area contributed by atoms with Gasteiger partial charge < -0.3 is 19.3 Å². The average Bonchev–Trinajstić information content (AvgIpc) is 3.47. The second-order valence-electron chi connectivity index (χ2n) is 7.95. The second kappa shape index (κ2) is 12.9. The standard InChI is InChI=1S/C20H29N9O4/c1-2-9-33-20(14-30)15-31-12-18-10-28(26-23-18)7-4-17(3-6-22-25-21)5-8-29-11-19(24-27-29)13-32-16-20/h1,10-11,17,30H,3-9,12-16H2. The van der Waals surface area contributed by atoms with E-state index < -0.39 is 5.60 Å². The normalized spacial score (nSPS) is 22.5. The van der Waals surface area contributed by atoms with Gasteiger partial charge in [-0.15, -0.1) is 16.6 Å². The van der Waals surface area contributed by atoms with Crippen LogP contribution < -0.4 is 0 Å². The molecule has 0 fully saturated rings. The topological polar surface area (TPSA) is 158 Å². The van der Waals surface area contributed by atoms with Gasteiger partial charge in [0.05, 0.1) is 45.4 Å². The van der Waals surface area contributed by atoms with E-state index in [-0.39, 0.29) is 39.6 Å². The first-order chi connectivity index (χ1) is 16.2. The van der Waals surface area contributed by atoms with Crippen molar-refractivity contribution < 1.29 is 19.3 Å². The van der Waals surface area contributed by atoms with Crippen LogP contribution in [0.1, 0.15) is 30.7 Å². The first-order valence-electron chi connectivity index (χ1n) is 10.8. The number of terminal acetylenes is 1. The van der Waals surface area contributed by atoms with E-state index >= 15 is 0 Å². The molecule has 0 saturated heterocycles. The van der Waals surface area contributed by atoms with Crippen molar-refractivity contribution in [2.24, 2.45) is 11.0 Å². The Morgan fingerprint density at radius 1 is 1.18 bits per heavy atom. The van der Waals surface area contributed by atoms with Crippen molar-refractivity contribution in [2.75, 3.05) is 33.0 Å². The van der Waals surface area contributed by atoms with Crippen molar-refractivity contribution in [1.82, 2.24) is 30.0 Å². The van der Waals surface area contributed by atoms with Crippen LogP contribution >= 0.6 is 0 Å². The molecule has 1 N–H and O–H groups in total. The second-order valence-corrected chi connectivity index (χ2v) is 7.95. The zero-order valence-electron chi connectivity index (χ0n) is 18.5. The summed E-state index contributed by atoms with van der Waals surface area (Å²) in [6.07, 6.45) is 11.5. The number of fused-ring (bicyclic) bond motifs is 4. The molecule has 3 heterocycles. The van der Waals surface area contributed by atoms with Gasteiger partial charge >= 0.3 is 0 Å². The van der Waals surface area contributed by atoms with Crippen molar-refractivity contribution in [3.8, 4) is 12.3 Å². The fourth-order valence-corrected chi connectivity index (χ4v) is 3.52. The number of hydrogen-bond donors (Lipinski definition) is 1. The van der Waals surface area contributed by atoms with Crippen LogP contribution in [0.5, 0.6) is 0 Å². The molecular formula is C20H29N9O4. The molecule has 0 amide bonds. The van der Waals surface area contributed by atoms with Gasteiger partial charge in [0.2, 0.25) is 0 Å². The number of nitrogens with zero attached hydrogens (tertiary/aromatic N) is 9. The number of ether oxygens (including phenoxy) is 3. The Bertz CT molecular complexity index is 895. The van der Waals surface area contributed by atoms with Crippen molar-refractivity contribution in [2.45, 2.75) is 51.2 Å². The van der Waals surface area contributed by atoms with Gasteiger partial charge in [-0.1, -0.05) is 21.5 Å². The molecule has 1 aliphatic heterocycles. The highest BCUT2D eigenvalue weighted by Gasteiger charge is 2.32. The molecule has 1 aliphatic rings. The van der Waals surface area contributed by atoms with E-state index in [1.54, 1.807) is 9.36 Å². The maximum atomic E-state index is 9.98. The highest BCUT2D eigenvalue weighted by Crippen LogP contribution is 2.18. The smallest absolute Gasteiger partial charge is 0.139 e. The number of aryl methyl sites for hydroxylation is 2. The quantitative estimate of drug-likeness (QED) is 0.291. The maximum Gasteiger partial charge on any atom is 0.139 e. The Kier molecular flexibility index (Phi) is 9.61. The lowest BCUT2D eigenvalue weighted by atomic mass is 9.97. The van der Waals surface area contributed by atoms with Gasteiger partial charge in [-0.05, 0) is 30.7 Å². The summed E-state index contributed by atoms with van der Waals surface area (Å²) >= 11 is 0. The molecule has 178 valence electrons. The molecule has 2 aromatic heterocycles. The molecule has 4 bridgehead atoms. The lowest BCUT2D eigenvalue weighted by Crippen LogP contribution is -2.46. The van der Waals surface area contributed by atoms with Gasteiger partial charge in [-0.2, -0.15) is 0 Å². The predicted molar refractivity (Wildman–Crippen MR) is 115 cm³/mol. The van der Waals surface area contributed by atoms with Crippen LogP contribution in [0.4, 0.5) is 0 Å². The highest BCUT2D eigenvalue weighted by atomic mass is 16.6. The van der Waals surface area contributed by atoms with E-state index in [2.05, 4.69) is 36.6 Å². The van der Waals surface area contributed by atoms with Crippen LogP contribution in [0.25, 0.3) is 10.4 Å². The minimum Gasteiger partial charge on any atom is -0.393 e. The number of aromatic nitrogens is 6. The molecule has 0 radical (unpaired) electrons. The summed E-state index contributed by atoms with van der Waals surface area (Å²) in [7, 11) is 0. The van der Waals surface area contributed by atoms with Gasteiger partial charge in [0.1, 0.15) is 23.6 Å². The van der Waals surface area contributed by atoms with E-state index in [4.69, 9.17) is 26.2 Å². The Morgan fingerprint density at radius 2 is 1.79 bits per heavy atom. The van der Waals surface area contributed by atoms with Crippen LogP contribution in [-0.4, -0.2) is 73.7 Å². The SMILES string of the molecule is C#CCOC1(CO)COCc2cn(nn2)CCC(CCN=[N+]=[N-])CCn2cc(nn2)COC1. The largest absolute Gasteiger partial charge is 0.393 e. The third-order valence-electron chi connectivity index (χ3n) is 5.39. The third-order valence-corrected chi connectivity index (χ3v) is 5.39. The summed E-state index contributed by atoms with van der Waals surface area (Å²) in [5.41, 5.74) is 8.80. The molecule has 0 atom stereocenters. The monoisotopic (exact) mass is 459 g/mol. The van der Waals surface area contributed by atoms with E-state index in [1.807, 2.05) is 12.4 Å². The minimum absolute atomic E-state index is 0.0144. The molecule has 13 nitrogen and oxygen atoms in total. The molecule has 3 rings (SSSR count). The van der Waals surface area contributed by atoms with Crippen molar-refractivity contribution in [1.29, 1.82) is 0 Å². The van der Waals surface area contributed by atoms with Gasteiger partial charge in [-0.3, -0.25) is 9.36 Å². The number of aliphatic hydroxyl groups is 1. The van der Waals surface area contributed by atoms with Gasteiger partial charge in [-0.25, -0.2) is 0 Å². The van der Waals surface area contributed by atoms with Gasteiger partial charge in [0.25, 0.3) is 0 Å². The molecule has 2 aromatic rings. The van der Waals surface area contributed by atoms with Crippen molar-refractivity contribution in [3.05, 3.63) is 34.2 Å². The fourth-order valence-electron chi connectivity index (χ4n) is 3.52. The van der Waals surface area contributed by atoms with Crippen LogP contribution in [-0.2, 0) is 40.5 Å². The summed E-state index contributed by atoms with van der Waals surface area (Å²) in [4.78, 5) is 2.85. The van der Waals surface area contributed by atoms with Crippen molar-refractivity contribution >= 4 is 0 Å². The molecule has 0 spiro atoms. The lowest BCUT2D eigenvalue weighted by Gasteiger charge is -2.30. The molecule has 0 unspecified atom stereocenters. The Morgan fingerprint density at radius 3 is 2.30 bits per heavy atom. The highest BCUT2D eigenvalue weighted by molar-refractivity contribution is 4.93. The van der Waals surface area contributed by atoms with Crippen LogP contribution in [0, 0.1) is 18.3 Å². The number of hydrogen-bond acceptors (Lipinski definition) is 9. The van der Waals surface area contributed by atoms with Crippen LogP contribution in [0.3, 0.4) is 0 Å². The van der Waals surface area contributed by atoms with E-state index in [1.165, 1.54) is 0 Å². The Labute approximate surface area is 191 Å². The third kappa shape index (κ3) is 7.81. The summed E-state index contributed by atoms with van der Waals surface area (Å²) in [6.45, 7) is 2.02. The first-order valence-corrected chi connectivity index (χ1v) is 10.8. The lowest BCUT2D eigenvalue weighted by molar-refractivity contribution is -0.154. The Balaban J connectivity index is 1.72. The maximum absolute atomic E-state index is 9.98. The molecule has 0 saturated carbocycles. The number of rotatable bonds is 6. The zero-order chi connectivity index (χ0) is 23.4. The molecule has 33 heavy (non-hydrogen) atoms. The zero-order valence-corrected chi connectivity index (χ0v) is 18.5. The minimum atomic E-state index is -1.11. The van der Waals surface area contributed by atoms with Gasteiger partial charge in [0.15, 0.2) is 0 Å². The summed E-state index contributed by atoms with van der Waals surface area (Å²) in [5, 5.41) is 30.3.